The highest BCUT2D eigenvalue weighted by molar-refractivity contribution is 7.99. The fraction of sp³-hybridized carbons (Fsp3) is 0.800. The van der Waals surface area contributed by atoms with Crippen LogP contribution in [-0.4, -0.2) is 27.8 Å². The zero-order chi connectivity index (χ0) is 13.9. The molecular formula is C15H27N3S. The van der Waals surface area contributed by atoms with Gasteiger partial charge in [-0.25, -0.2) is 0 Å². The van der Waals surface area contributed by atoms with Crippen molar-refractivity contribution in [3.8, 4) is 0 Å². The molecular weight excluding hydrogens is 254 g/mol. The molecule has 1 saturated heterocycles. The smallest absolute Gasteiger partial charge is 0.0722 e. The van der Waals surface area contributed by atoms with Crippen molar-refractivity contribution in [2.75, 3.05) is 18.1 Å². The molecule has 1 aliphatic rings. The SMILES string of the molecule is Cn1cc(CNCC2CCSCC2)c(C(C)(C)C)n1. The molecule has 0 radical (unpaired) electrons. The summed E-state index contributed by atoms with van der Waals surface area (Å²) >= 11 is 2.10. The number of aryl methyl sites for hydroxylation is 1. The lowest BCUT2D eigenvalue weighted by molar-refractivity contribution is 0.445. The molecule has 0 spiro atoms. The van der Waals surface area contributed by atoms with Crippen LogP contribution in [0.4, 0.5) is 0 Å². The molecule has 4 heteroatoms. The molecule has 1 fully saturated rings. The Kier molecular flexibility index (Phi) is 4.96. The average molecular weight is 281 g/mol. The molecule has 108 valence electrons. The van der Waals surface area contributed by atoms with Crippen LogP contribution >= 0.6 is 11.8 Å². The zero-order valence-electron chi connectivity index (χ0n) is 12.7. The van der Waals surface area contributed by atoms with E-state index in [1.165, 1.54) is 35.6 Å². The minimum Gasteiger partial charge on any atom is -0.312 e. The van der Waals surface area contributed by atoms with Crippen LogP contribution in [0.3, 0.4) is 0 Å². The van der Waals surface area contributed by atoms with Crippen molar-refractivity contribution >= 4 is 11.8 Å². The van der Waals surface area contributed by atoms with Gasteiger partial charge < -0.3 is 5.32 Å². The summed E-state index contributed by atoms with van der Waals surface area (Å²) in [5.41, 5.74) is 2.70. The minimum absolute atomic E-state index is 0.125. The number of nitrogens with zero attached hydrogens (tertiary/aromatic N) is 2. The first-order chi connectivity index (χ1) is 8.97. The molecule has 2 heterocycles. The number of hydrogen-bond acceptors (Lipinski definition) is 3. The third-order valence-corrected chi connectivity index (χ3v) is 4.75. The summed E-state index contributed by atoms with van der Waals surface area (Å²) < 4.78 is 1.94. The van der Waals surface area contributed by atoms with E-state index in [0.29, 0.717) is 0 Å². The maximum absolute atomic E-state index is 4.62. The Labute approximate surface area is 121 Å². The molecule has 0 aliphatic carbocycles. The third-order valence-electron chi connectivity index (χ3n) is 3.70. The number of nitrogens with one attached hydrogen (secondary N) is 1. The van der Waals surface area contributed by atoms with Gasteiger partial charge in [-0.15, -0.1) is 0 Å². The van der Waals surface area contributed by atoms with E-state index in [0.717, 1.165) is 19.0 Å². The first-order valence-electron chi connectivity index (χ1n) is 7.28. The van der Waals surface area contributed by atoms with Crippen molar-refractivity contribution in [1.82, 2.24) is 15.1 Å². The van der Waals surface area contributed by atoms with Gasteiger partial charge in [0.2, 0.25) is 0 Å². The summed E-state index contributed by atoms with van der Waals surface area (Å²) in [7, 11) is 2.01. The lowest BCUT2D eigenvalue weighted by Gasteiger charge is -2.22. The first-order valence-corrected chi connectivity index (χ1v) is 8.44. The van der Waals surface area contributed by atoms with Crippen LogP contribution in [0.5, 0.6) is 0 Å². The van der Waals surface area contributed by atoms with Crippen molar-refractivity contribution in [3.63, 3.8) is 0 Å². The molecule has 1 aliphatic heterocycles. The van der Waals surface area contributed by atoms with E-state index in [-0.39, 0.29) is 5.41 Å². The predicted molar refractivity (Wildman–Crippen MR) is 83.7 cm³/mol. The Morgan fingerprint density at radius 3 is 2.68 bits per heavy atom. The van der Waals surface area contributed by atoms with E-state index in [4.69, 9.17) is 0 Å². The Morgan fingerprint density at radius 1 is 1.37 bits per heavy atom. The van der Waals surface area contributed by atoms with Crippen molar-refractivity contribution in [3.05, 3.63) is 17.5 Å². The number of hydrogen-bond donors (Lipinski definition) is 1. The molecule has 1 aromatic rings. The second kappa shape index (κ2) is 6.31. The molecule has 0 amide bonds. The van der Waals surface area contributed by atoms with Crippen molar-refractivity contribution in [1.29, 1.82) is 0 Å². The Hall–Kier alpha value is -0.480. The molecule has 0 bridgehead atoms. The lowest BCUT2D eigenvalue weighted by atomic mass is 9.89. The second-order valence-corrected chi connectivity index (χ2v) is 7.84. The van der Waals surface area contributed by atoms with Crippen molar-refractivity contribution in [2.45, 2.75) is 45.6 Å². The maximum Gasteiger partial charge on any atom is 0.0722 e. The Morgan fingerprint density at radius 2 is 2.05 bits per heavy atom. The molecule has 0 unspecified atom stereocenters. The highest BCUT2D eigenvalue weighted by atomic mass is 32.2. The highest BCUT2D eigenvalue weighted by Gasteiger charge is 2.21. The quantitative estimate of drug-likeness (QED) is 0.920. The molecule has 19 heavy (non-hydrogen) atoms. The van der Waals surface area contributed by atoms with Crippen LogP contribution in [0.25, 0.3) is 0 Å². The van der Waals surface area contributed by atoms with Gasteiger partial charge in [0.05, 0.1) is 5.69 Å². The van der Waals surface area contributed by atoms with Gasteiger partial charge in [0.15, 0.2) is 0 Å². The van der Waals surface area contributed by atoms with Gasteiger partial charge in [-0.05, 0) is 36.8 Å². The lowest BCUT2D eigenvalue weighted by Crippen LogP contribution is -2.26. The van der Waals surface area contributed by atoms with Crippen LogP contribution in [0.15, 0.2) is 6.20 Å². The summed E-state index contributed by atoms with van der Waals surface area (Å²) in [5, 5.41) is 8.26. The van der Waals surface area contributed by atoms with E-state index >= 15 is 0 Å². The van der Waals surface area contributed by atoms with Gasteiger partial charge in [0.25, 0.3) is 0 Å². The van der Waals surface area contributed by atoms with Gasteiger partial charge in [-0.2, -0.15) is 16.9 Å². The van der Waals surface area contributed by atoms with Crippen molar-refractivity contribution < 1.29 is 0 Å². The molecule has 0 aromatic carbocycles. The van der Waals surface area contributed by atoms with E-state index in [1.54, 1.807) is 0 Å². The van der Waals surface area contributed by atoms with Crippen LogP contribution in [0.1, 0.15) is 44.9 Å². The highest BCUT2D eigenvalue weighted by Crippen LogP contribution is 2.25. The Balaban J connectivity index is 1.88. The maximum atomic E-state index is 4.62. The normalized spacial score (nSPS) is 17.9. The van der Waals surface area contributed by atoms with E-state index in [9.17, 15) is 0 Å². The van der Waals surface area contributed by atoms with E-state index in [2.05, 4.69) is 49.1 Å². The third kappa shape index (κ3) is 4.25. The summed E-state index contributed by atoms with van der Waals surface area (Å²) in [4.78, 5) is 0. The van der Waals surface area contributed by atoms with E-state index in [1.807, 2.05) is 11.7 Å². The number of rotatable bonds is 4. The summed E-state index contributed by atoms with van der Waals surface area (Å²) in [6.07, 6.45) is 4.90. The predicted octanol–water partition coefficient (Wildman–Crippen LogP) is 2.95. The first kappa shape index (κ1) is 14.9. The summed E-state index contributed by atoms with van der Waals surface area (Å²) in [6.45, 7) is 8.80. The van der Waals surface area contributed by atoms with Gasteiger partial charge in [0.1, 0.15) is 0 Å². The van der Waals surface area contributed by atoms with Gasteiger partial charge in [-0.1, -0.05) is 20.8 Å². The van der Waals surface area contributed by atoms with Crippen LogP contribution in [0.2, 0.25) is 0 Å². The molecule has 0 saturated carbocycles. The van der Waals surface area contributed by atoms with E-state index < -0.39 is 0 Å². The fourth-order valence-corrected chi connectivity index (χ4v) is 3.86. The van der Waals surface area contributed by atoms with Crippen molar-refractivity contribution in [2.24, 2.45) is 13.0 Å². The van der Waals surface area contributed by atoms with Crippen LogP contribution in [0, 0.1) is 5.92 Å². The topological polar surface area (TPSA) is 29.9 Å². The summed E-state index contributed by atoms with van der Waals surface area (Å²) in [5.74, 6) is 3.55. The van der Waals surface area contributed by atoms with Crippen LogP contribution in [-0.2, 0) is 19.0 Å². The second-order valence-electron chi connectivity index (χ2n) is 6.61. The van der Waals surface area contributed by atoms with Gasteiger partial charge >= 0.3 is 0 Å². The fourth-order valence-electron chi connectivity index (χ4n) is 2.66. The van der Waals surface area contributed by atoms with Gasteiger partial charge in [0, 0.05) is 30.8 Å². The molecule has 2 rings (SSSR count). The largest absolute Gasteiger partial charge is 0.312 e. The van der Waals surface area contributed by atoms with Gasteiger partial charge in [-0.3, -0.25) is 4.68 Å². The minimum atomic E-state index is 0.125. The molecule has 1 N–H and O–H groups in total. The zero-order valence-corrected chi connectivity index (χ0v) is 13.5. The Bertz CT molecular complexity index is 400. The van der Waals surface area contributed by atoms with Crippen LogP contribution < -0.4 is 5.32 Å². The summed E-state index contributed by atoms with van der Waals surface area (Å²) in [6, 6.07) is 0. The number of aromatic nitrogens is 2. The number of thioether (sulfide) groups is 1. The molecule has 0 atom stereocenters. The standard InChI is InChI=1S/C15H27N3S/c1-15(2,3)14-13(11-18(4)17-14)10-16-9-12-5-7-19-8-6-12/h11-12,16H,5-10H2,1-4H3. The molecule has 3 nitrogen and oxygen atoms in total. The average Bonchev–Trinajstić information content (AvgIpc) is 2.72. The molecule has 1 aromatic heterocycles. The monoisotopic (exact) mass is 281 g/mol.